The maximum absolute atomic E-state index is 5.86. The fourth-order valence-electron chi connectivity index (χ4n) is 1.26. The van der Waals surface area contributed by atoms with E-state index in [4.69, 9.17) is 17.3 Å². The molecule has 0 aliphatic heterocycles. The van der Waals surface area contributed by atoms with Gasteiger partial charge in [-0.25, -0.2) is 0 Å². The average molecular weight is 198 g/mol. The van der Waals surface area contributed by atoms with Crippen molar-refractivity contribution in [3.63, 3.8) is 0 Å². The van der Waals surface area contributed by atoms with Crippen LogP contribution in [0.3, 0.4) is 0 Å². The van der Waals surface area contributed by atoms with Crippen molar-refractivity contribution in [2.45, 2.75) is 6.92 Å². The molecule has 0 saturated heterocycles. The molecule has 2 rings (SSSR count). The van der Waals surface area contributed by atoms with Gasteiger partial charge >= 0.3 is 0 Å². The average Bonchev–Trinajstić information content (AvgIpc) is 2.29. The normalized spacial score (nSPS) is 10.8. The summed E-state index contributed by atoms with van der Waals surface area (Å²) in [5, 5.41) is 1.82. The van der Waals surface area contributed by atoms with Gasteiger partial charge in [0.15, 0.2) is 0 Å². The number of rotatable bonds is 0. The molecule has 1 heterocycles. The number of hydrogen-bond donors (Lipinski definition) is 1. The van der Waals surface area contributed by atoms with Crippen molar-refractivity contribution in [1.29, 1.82) is 0 Å². The number of thiophene rings is 1. The Balaban J connectivity index is 2.88. The lowest BCUT2D eigenvalue weighted by atomic mass is 10.2. The number of fused-ring (bicyclic) bond motifs is 1. The lowest BCUT2D eigenvalue weighted by molar-refractivity contribution is 1.65. The van der Waals surface area contributed by atoms with Crippen molar-refractivity contribution in [1.82, 2.24) is 0 Å². The highest BCUT2D eigenvalue weighted by Crippen LogP contribution is 2.32. The van der Waals surface area contributed by atoms with E-state index in [2.05, 4.69) is 13.0 Å². The highest BCUT2D eigenvalue weighted by atomic mass is 35.5. The van der Waals surface area contributed by atoms with Crippen LogP contribution in [0.5, 0.6) is 0 Å². The number of hydrogen-bond acceptors (Lipinski definition) is 2. The molecule has 0 saturated carbocycles. The topological polar surface area (TPSA) is 26.0 Å². The molecule has 1 aromatic heterocycles. The van der Waals surface area contributed by atoms with E-state index >= 15 is 0 Å². The molecule has 0 unspecified atom stereocenters. The van der Waals surface area contributed by atoms with Gasteiger partial charge in [-0.1, -0.05) is 11.6 Å². The van der Waals surface area contributed by atoms with Crippen LogP contribution in [-0.4, -0.2) is 0 Å². The van der Waals surface area contributed by atoms with Crippen molar-refractivity contribution >= 4 is 38.7 Å². The molecule has 0 bridgehead atoms. The van der Waals surface area contributed by atoms with E-state index < -0.39 is 0 Å². The fraction of sp³-hybridized carbons (Fsp3) is 0.111. The summed E-state index contributed by atoms with van der Waals surface area (Å²) in [5.41, 5.74) is 6.56. The first-order chi connectivity index (χ1) is 5.66. The standard InChI is InChI=1S/C9H8ClNS/c1-5-2-7-8(11)3-6(10)4-9(7)12-5/h2-4H,11H2,1H3. The van der Waals surface area contributed by atoms with Crippen LogP contribution in [0.25, 0.3) is 10.1 Å². The largest absolute Gasteiger partial charge is 0.398 e. The maximum atomic E-state index is 5.86. The molecule has 0 radical (unpaired) electrons. The van der Waals surface area contributed by atoms with E-state index in [1.807, 2.05) is 6.07 Å². The zero-order valence-corrected chi connectivity index (χ0v) is 8.17. The van der Waals surface area contributed by atoms with Crippen molar-refractivity contribution in [2.75, 3.05) is 5.73 Å². The molecule has 0 aliphatic rings. The van der Waals surface area contributed by atoms with Crippen LogP contribution < -0.4 is 5.73 Å². The number of nitrogen functional groups attached to an aromatic ring is 1. The zero-order chi connectivity index (χ0) is 8.72. The molecule has 12 heavy (non-hydrogen) atoms. The summed E-state index contributed by atoms with van der Waals surface area (Å²) < 4.78 is 1.16. The Labute approximate surface area is 79.8 Å². The second kappa shape index (κ2) is 2.64. The number of halogens is 1. The Morgan fingerprint density at radius 1 is 1.33 bits per heavy atom. The Hall–Kier alpha value is -0.730. The first-order valence-corrected chi connectivity index (χ1v) is 4.81. The molecule has 1 nitrogen and oxygen atoms in total. The molecule has 0 amide bonds. The molecule has 0 fully saturated rings. The van der Waals surface area contributed by atoms with Gasteiger partial charge in [-0.3, -0.25) is 0 Å². The van der Waals surface area contributed by atoms with Gasteiger partial charge in [0.2, 0.25) is 0 Å². The van der Waals surface area contributed by atoms with Crippen molar-refractivity contribution in [3.05, 3.63) is 28.1 Å². The fourth-order valence-corrected chi connectivity index (χ4v) is 2.55. The summed E-state index contributed by atoms with van der Waals surface area (Å²) in [5.74, 6) is 0. The minimum absolute atomic E-state index is 0.710. The first kappa shape index (κ1) is 7.90. The van der Waals surface area contributed by atoms with Crippen LogP contribution in [-0.2, 0) is 0 Å². The van der Waals surface area contributed by atoms with Crippen molar-refractivity contribution in [2.24, 2.45) is 0 Å². The Morgan fingerprint density at radius 2 is 2.08 bits per heavy atom. The quantitative estimate of drug-likeness (QED) is 0.644. The van der Waals surface area contributed by atoms with Crippen molar-refractivity contribution in [3.8, 4) is 0 Å². The van der Waals surface area contributed by atoms with Gasteiger partial charge in [-0.2, -0.15) is 0 Å². The predicted octanol–water partition coefficient (Wildman–Crippen LogP) is 3.45. The third-order valence-corrected chi connectivity index (χ3v) is 2.97. The smallest absolute Gasteiger partial charge is 0.0440 e. The third kappa shape index (κ3) is 1.17. The van der Waals surface area contributed by atoms with Gasteiger partial charge < -0.3 is 5.73 Å². The maximum Gasteiger partial charge on any atom is 0.0440 e. The van der Waals surface area contributed by atoms with E-state index in [0.29, 0.717) is 5.02 Å². The lowest BCUT2D eigenvalue weighted by Crippen LogP contribution is -1.83. The number of anilines is 1. The summed E-state index contributed by atoms with van der Waals surface area (Å²) in [4.78, 5) is 1.26. The Kier molecular flexibility index (Phi) is 1.74. The lowest BCUT2D eigenvalue weighted by Gasteiger charge is -1.95. The molecular weight excluding hydrogens is 190 g/mol. The van der Waals surface area contributed by atoms with Crippen LogP contribution in [0.2, 0.25) is 5.02 Å². The zero-order valence-electron chi connectivity index (χ0n) is 6.60. The number of aryl methyl sites for hydroxylation is 1. The second-order valence-corrected chi connectivity index (χ2v) is 4.49. The highest BCUT2D eigenvalue weighted by molar-refractivity contribution is 7.19. The van der Waals surface area contributed by atoms with Crippen LogP contribution in [0, 0.1) is 6.92 Å². The molecule has 0 spiro atoms. The summed E-state index contributed by atoms with van der Waals surface area (Å²) in [6.07, 6.45) is 0. The minimum Gasteiger partial charge on any atom is -0.398 e. The summed E-state index contributed by atoms with van der Waals surface area (Å²) in [7, 11) is 0. The molecule has 2 N–H and O–H groups in total. The third-order valence-electron chi connectivity index (χ3n) is 1.76. The number of nitrogens with two attached hydrogens (primary N) is 1. The van der Waals surface area contributed by atoms with E-state index in [1.165, 1.54) is 4.88 Å². The molecule has 62 valence electrons. The monoisotopic (exact) mass is 197 g/mol. The van der Waals surface area contributed by atoms with Gasteiger partial charge in [0.1, 0.15) is 0 Å². The molecular formula is C9H8ClNS. The van der Waals surface area contributed by atoms with Crippen LogP contribution in [0.1, 0.15) is 4.88 Å². The van der Waals surface area contributed by atoms with Gasteiger partial charge in [0, 0.05) is 25.7 Å². The van der Waals surface area contributed by atoms with E-state index in [-0.39, 0.29) is 0 Å². The molecule has 0 atom stereocenters. The molecule has 1 aromatic carbocycles. The molecule has 3 heteroatoms. The predicted molar refractivity (Wildman–Crippen MR) is 56.0 cm³/mol. The van der Waals surface area contributed by atoms with Crippen LogP contribution >= 0.6 is 22.9 Å². The van der Waals surface area contributed by atoms with E-state index in [1.54, 1.807) is 17.4 Å². The number of benzene rings is 1. The van der Waals surface area contributed by atoms with E-state index in [9.17, 15) is 0 Å². The van der Waals surface area contributed by atoms with E-state index in [0.717, 1.165) is 15.8 Å². The summed E-state index contributed by atoms with van der Waals surface area (Å²) in [6, 6.07) is 5.83. The minimum atomic E-state index is 0.710. The van der Waals surface area contributed by atoms with Crippen molar-refractivity contribution < 1.29 is 0 Å². The highest BCUT2D eigenvalue weighted by Gasteiger charge is 2.02. The second-order valence-electron chi connectivity index (χ2n) is 2.76. The van der Waals surface area contributed by atoms with Gasteiger partial charge in [0.05, 0.1) is 0 Å². The Bertz CT molecular complexity index is 433. The molecule has 2 aromatic rings. The van der Waals surface area contributed by atoms with Gasteiger partial charge in [-0.15, -0.1) is 11.3 Å². The Morgan fingerprint density at radius 3 is 2.83 bits per heavy atom. The first-order valence-electron chi connectivity index (χ1n) is 3.62. The van der Waals surface area contributed by atoms with Crippen LogP contribution in [0.15, 0.2) is 18.2 Å². The van der Waals surface area contributed by atoms with Crippen LogP contribution in [0.4, 0.5) is 5.69 Å². The summed E-state index contributed by atoms with van der Waals surface area (Å²) >= 11 is 7.58. The summed E-state index contributed by atoms with van der Waals surface area (Å²) in [6.45, 7) is 2.07. The molecule has 0 aliphatic carbocycles. The SMILES string of the molecule is Cc1cc2c(N)cc(Cl)cc2s1. The van der Waals surface area contributed by atoms with Gasteiger partial charge in [-0.05, 0) is 25.1 Å². The van der Waals surface area contributed by atoms with Gasteiger partial charge in [0.25, 0.3) is 0 Å².